The molecule has 132 valence electrons. The molecule has 3 rings (SSSR count). The lowest BCUT2D eigenvalue weighted by molar-refractivity contribution is 0.162. The molecule has 0 radical (unpaired) electrons. The number of halogens is 1. The molecule has 1 N–H and O–H groups in total. The Hall–Kier alpha value is -1.93. The third-order valence-corrected chi connectivity index (χ3v) is 5.60. The van der Waals surface area contributed by atoms with Crippen molar-refractivity contribution in [3.05, 3.63) is 83.7 Å². The van der Waals surface area contributed by atoms with Crippen LogP contribution in [0.5, 0.6) is 0 Å². The van der Waals surface area contributed by atoms with Gasteiger partial charge in [0.1, 0.15) is 5.82 Å². The van der Waals surface area contributed by atoms with Crippen molar-refractivity contribution in [1.29, 1.82) is 0 Å². The molecule has 2 aromatic carbocycles. The van der Waals surface area contributed by atoms with Gasteiger partial charge < -0.3 is 5.11 Å². The molecule has 0 aromatic heterocycles. The minimum atomic E-state index is -0.189. The first-order valence-electron chi connectivity index (χ1n) is 9.28. The SMILES string of the molecule is C=CCc1ccccc1C(c1ccc(F)cc1)C1CCC(CO)CC1. The van der Waals surface area contributed by atoms with Crippen molar-refractivity contribution >= 4 is 0 Å². The van der Waals surface area contributed by atoms with E-state index in [4.69, 9.17) is 0 Å². The average molecular weight is 338 g/mol. The number of rotatable bonds is 6. The van der Waals surface area contributed by atoms with Crippen molar-refractivity contribution in [1.82, 2.24) is 0 Å². The highest BCUT2D eigenvalue weighted by molar-refractivity contribution is 5.40. The van der Waals surface area contributed by atoms with Gasteiger partial charge in [-0.1, -0.05) is 42.5 Å². The Kier molecular flexibility index (Phi) is 6.04. The van der Waals surface area contributed by atoms with E-state index in [1.807, 2.05) is 18.2 Å². The van der Waals surface area contributed by atoms with E-state index in [-0.39, 0.29) is 11.7 Å². The summed E-state index contributed by atoms with van der Waals surface area (Å²) in [5, 5.41) is 9.44. The zero-order valence-corrected chi connectivity index (χ0v) is 14.7. The second-order valence-electron chi connectivity index (χ2n) is 7.18. The fraction of sp³-hybridized carbons (Fsp3) is 0.391. The lowest BCUT2D eigenvalue weighted by atomic mass is 9.70. The lowest BCUT2D eigenvalue weighted by Crippen LogP contribution is -2.23. The summed E-state index contributed by atoms with van der Waals surface area (Å²) in [4.78, 5) is 0. The minimum Gasteiger partial charge on any atom is -0.396 e. The Balaban J connectivity index is 1.98. The van der Waals surface area contributed by atoms with Gasteiger partial charge in [-0.05, 0) is 72.8 Å². The fourth-order valence-corrected chi connectivity index (χ4v) is 4.26. The summed E-state index contributed by atoms with van der Waals surface area (Å²) in [6, 6.07) is 15.6. The molecule has 1 unspecified atom stereocenters. The van der Waals surface area contributed by atoms with Crippen LogP contribution in [0.2, 0.25) is 0 Å². The van der Waals surface area contributed by atoms with Crippen molar-refractivity contribution < 1.29 is 9.50 Å². The van der Waals surface area contributed by atoms with Gasteiger partial charge in [0.25, 0.3) is 0 Å². The van der Waals surface area contributed by atoms with E-state index in [1.54, 1.807) is 12.1 Å². The van der Waals surface area contributed by atoms with Crippen molar-refractivity contribution in [3.63, 3.8) is 0 Å². The highest BCUT2D eigenvalue weighted by Crippen LogP contribution is 2.43. The number of allylic oxidation sites excluding steroid dienone is 1. The van der Waals surface area contributed by atoms with E-state index < -0.39 is 0 Å². The Labute approximate surface area is 150 Å². The number of benzene rings is 2. The molecule has 1 saturated carbocycles. The van der Waals surface area contributed by atoms with Gasteiger partial charge in [-0.3, -0.25) is 0 Å². The molecule has 1 aliphatic rings. The van der Waals surface area contributed by atoms with Crippen LogP contribution >= 0.6 is 0 Å². The molecule has 25 heavy (non-hydrogen) atoms. The van der Waals surface area contributed by atoms with Crippen molar-refractivity contribution in [2.45, 2.75) is 38.0 Å². The van der Waals surface area contributed by atoms with Crippen LogP contribution in [0.4, 0.5) is 4.39 Å². The van der Waals surface area contributed by atoms with Crippen LogP contribution in [0.3, 0.4) is 0 Å². The zero-order chi connectivity index (χ0) is 17.6. The monoisotopic (exact) mass is 338 g/mol. The standard InChI is InChI=1S/C23H27FO/c1-2-5-18-6-3-4-7-22(18)23(20-12-14-21(24)15-13-20)19-10-8-17(16-25)9-11-19/h2-4,6-7,12-15,17,19,23,25H,1,5,8-11,16H2. The minimum absolute atomic E-state index is 0.189. The molecule has 1 nitrogen and oxygen atoms in total. The molecule has 0 saturated heterocycles. The molecule has 1 fully saturated rings. The fourth-order valence-electron chi connectivity index (χ4n) is 4.26. The van der Waals surface area contributed by atoms with Crippen LogP contribution < -0.4 is 0 Å². The summed E-state index contributed by atoms with van der Waals surface area (Å²) in [6.45, 7) is 4.19. The Bertz CT molecular complexity index is 683. The maximum atomic E-state index is 13.5. The van der Waals surface area contributed by atoms with Gasteiger partial charge in [0, 0.05) is 12.5 Å². The van der Waals surface area contributed by atoms with E-state index in [2.05, 4.69) is 30.8 Å². The van der Waals surface area contributed by atoms with Crippen LogP contribution in [-0.2, 0) is 6.42 Å². The predicted molar refractivity (Wildman–Crippen MR) is 101 cm³/mol. The summed E-state index contributed by atoms with van der Waals surface area (Å²) < 4.78 is 13.5. The lowest BCUT2D eigenvalue weighted by Gasteiger charge is -2.35. The van der Waals surface area contributed by atoms with Gasteiger partial charge in [-0.2, -0.15) is 0 Å². The average Bonchev–Trinajstić information content (AvgIpc) is 2.66. The molecule has 2 aromatic rings. The van der Waals surface area contributed by atoms with Crippen LogP contribution in [0.15, 0.2) is 61.2 Å². The Morgan fingerprint density at radius 1 is 1.04 bits per heavy atom. The predicted octanol–water partition coefficient (Wildman–Crippen LogP) is 5.48. The summed E-state index contributed by atoms with van der Waals surface area (Å²) >= 11 is 0. The molecular weight excluding hydrogens is 311 g/mol. The highest BCUT2D eigenvalue weighted by atomic mass is 19.1. The van der Waals surface area contributed by atoms with Crippen LogP contribution in [-0.4, -0.2) is 11.7 Å². The Morgan fingerprint density at radius 3 is 2.36 bits per heavy atom. The van der Waals surface area contributed by atoms with Crippen LogP contribution in [0, 0.1) is 17.7 Å². The first kappa shape index (κ1) is 17.9. The number of hydrogen-bond donors (Lipinski definition) is 1. The van der Waals surface area contributed by atoms with Gasteiger partial charge >= 0.3 is 0 Å². The molecule has 2 heteroatoms. The van der Waals surface area contributed by atoms with Gasteiger partial charge in [-0.15, -0.1) is 6.58 Å². The molecule has 0 spiro atoms. The van der Waals surface area contributed by atoms with Crippen molar-refractivity contribution in [2.75, 3.05) is 6.61 Å². The second kappa shape index (κ2) is 8.44. The number of hydrogen-bond acceptors (Lipinski definition) is 1. The smallest absolute Gasteiger partial charge is 0.123 e. The van der Waals surface area contributed by atoms with Gasteiger partial charge in [0.05, 0.1) is 0 Å². The molecule has 0 amide bonds. The summed E-state index contributed by atoms with van der Waals surface area (Å²) in [5.41, 5.74) is 3.82. The van der Waals surface area contributed by atoms with E-state index in [0.717, 1.165) is 32.1 Å². The van der Waals surface area contributed by atoms with Gasteiger partial charge in [-0.25, -0.2) is 4.39 Å². The first-order valence-corrected chi connectivity index (χ1v) is 9.28. The quantitative estimate of drug-likeness (QED) is 0.691. The topological polar surface area (TPSA) is 20.2 Å². The van der Waals surface area contributed by atoms with E-state index in [9.17, 15) is 9.50 Å². The maximum Gasteiger partial charge on any atom is 0.123 e. The summed E-state index contributed by atoms with van der Waals surface area (Å²) in [6.07, 6.45) is 7.15. The third kappa shape index (κ3) is 4.19. The summed E-state index contributed by atoms with van der Waals surface area (Å²) in [7, 11) is 0. The van der Waals surface area contributed by atoms with E-state index in [1.165, 1.54) is 16.7 Å². The summed E-state index contributed by atoms with van der Waals surface area (Å²) in [5.74, 6) is 1.05. The first-order chi connectivity index (χ1) is 12.2. The molecular formula is C23H27FO. The maximum absolute atomic E-state index is 13.5. The second-order valence-corrected chi connectivity index (χ2v) is 7.18. The molecule has 0 bridgehead atoms. The Morgan fingerprint density at radius 2 is 1.72 bits per heavy atom. The number of aliphatic hydroxyl groups excluding tert-OH is 1. The van der Waals surface area contributed by atoms with Gasteiger partial charge in [0.2, 0.25) is 0 Å². The molecule has 0 heterocycles. The normalized spacial score (nSPS) is 21.7. The highest BCUT2D eigenvalue weighted by Gasteiger charge is 2.30. The third-order valence-electron chi connectivity index (χ3n) is 5.60. The van der Waals surface area contributed by atoms with E-state index >= 15 is 0 Å². The molecule has 0 aliphatic heterocycles. The van der Waals surface area contributed by atoms with Crippen molar-refractivity contribution in [3.8, 4) is 0 Å². The van der Waals surface area contributed by atoms with E-state index in [0.29, 0.717) is 18.4 Å². The van der Waals surface area contributed by atoms with Crippen molar-refractivity contribution in [2.24, 2.45) is 11.8 Å². The number of aliphatic hydroxyl groups is 1. The molecule has 1 aliphatic carbocycles. The van der Waals surface area contributed by atoms with Crippen LogP contribution in [0.25, 0.3) is 0 Å². The zero-order valence-electron chi connectivity index (χ0n) is 14.7. The molecule has 1 atom stereocenters. The van der Waals surface area contributed by atoms with Gasteiger partial charge in [0.15, 0.2) is 0 Å². The van der Waals surface area contributed by atoms with Crippen LogP contribution in [0.1, 0.15) is 48.3 Å². The largest absolute Gasteiger partial charge is 0.396 e.